The predicted molar refractivity (Wildman–Crippen MR) is 103 cm³/mol. The molecule has 1 unspecified atom stereocenters. The van der Waals surface area contributed by atoms with Crippen LogP contribution in [0.1, 0.15) is 45.1 Å². The van der Waals surface area contributed by atoms with Gasteiger partial charge in [0.1, 0.15) is 0 Å². The topological polar surface area (TPSA) is 58.4 Å². The molecule has 1 aliphatic carbocycles. The minimum Gasteiger partial charge on any atom is -0.368 e. The number of piperidine rings is 1. The van der Waals surface area contributed by atoms with E-state index in [2.05, 4.69) is 53.5 Å². The lowest BCUT2D eigenvalue weighted by Crippen LogP contribution is -2.50. The molecule has 1 saturated carbocycles. The molecule has 0 bridgehead atoms. The lowest BCUT2D eigenvalue weighted by Gasteiger charge is -2.35. The van der Waals surface area contributed by atoms with E-state index in [0.29, 0.717) is 18.0 Å². The Morgan fingerprint density at radius 1 is 1.32 bits per heavy atom. The molecule has 2 aliphatic rings. The van der Waals surface area contributed by atoms with Crippen molar-refractivity contribution in [3.8, 4) is 0 Å². The molecule has 136 valence electrons. The Morgan fingerprint density at radius 3 is 2.60 bits per heavy atom. The van der Waals surface area contributed by atoms with E-state index < -0.39 is 0 Å². The van der Waals surface area contributed by atoms with E-state index in [-0.39, 0.29) is 11.9 Å². The number of rotatable bonds is 7. The van der Waals surface area contributed by atoms with Crippen LogP contribution in [0.5, 0.6) is 0 Å². The number of carbonyl (C=O) groups excluding carboxylic acids is 1. The van der Waals surface area contributed by atoms with Gasteiger partial charge in [-0.2, -0.15) is 0 Å². The molecular formula is C21H31N3O. The lowest BCUT2D eigenvalue weighted by molar-refractivity contribution is -0.123. The number of benzene rings is 1. The summed E-state index contributed by atoms with van der Waals surface area (Å²) < 4.78 is 0. The Labute approximate surface area is 151 Å². The third-order valence-electron chi connectivity index (χ3n) is 5.77. The number of carbonyl (C=O) groups is 1. The fraction of sp³-hybridized carbons (Fsp3) is 0.571. The zero-order valence-corrected chi connectivity index (χ0v) is 15.4. The van der Waals surface area contributed by atoms with E-state index in [9.17, 15) is 4.79 Å². The minimum atomic E-state index is -0.215. The maximum atomic E-state index is 11.3. The highest BCUT2D eigenvalue weighted by molar-refractivity contribution is 5.79. The number of nitrogens with one attached hydrogen (secondary N) is 1. The van der Waals surface area contributed by atoms with Gasteiger partial charge in [-0.3, -0.25) is 9.69 Å². The van der Waals surface area contributed by atoms with Crippen molar-refractivity contribution in [3.63, 3.8) is 0 Å². The van der Waals surface area contributed by atoms with Gasteiger partial charge in [0, 0.05) is 25.2 Å². The fourth-order valence-electron chi connectivity index (χ4n) is 3.96. The van der Waals surface area contributed by atoms with Crippen LogP contribution >= 0.6 is 0 Å². The third kappa shape index (κ3) is 4.71. The van der Waals surface area contributed by atoms with Crippen LogP contribution < -0.4 is 11.1 Å². The van der Waals surface area contributed by atoms with E-state index in [1.54, 1.807) is 5.57 Å². The van der Waals surface area contributed by atoms with Crippen molar-refractivity contribution in [1.29, 1.82) is 0 Å². The highest BCUT2D eigenvalue weighted by Crippen LogP contribution is 2.40. The van der Waals surface area contributed by atoms with Gasteiger partial charge in [0.05, 0.1) is 6.04 Å². The summed E-state index contributed by atoms with van der Waals surface area (Å²) in [4.78, 5) is 13.5. The van der Waals surface area contributed by atoms with Crippen LogP contribution in [0.3, 0.4) is 0 Å². The first-order valence-corrected chi connectivity index (χ1v) is 9.63. The summed E-state index contributed by atoms with van der Waals surface area (Å²) in [5, 5.41) is 3.85. The van der Waals surface area contributed by atoms with Gasteiger partial charge in [-0.1, -0.05) is 48.9 Å². The summed E-state index contributed by atoms with van der Waals surface area (Å²) in [5.74, 6) is 0.472. The molecule has 3 N–H and O–H groups in total. The number of nitrogens with zero attached hydrogens (tertiary/aromatic N) is 1. The lowest BCUT2D eigenvalue weighted by atomic mass is 10.0. The van der Waals surface area contributed by atoms with E-state index in [1.807, 2.05) is 6.92 Å². The maximum Gasteiger partial charge on any atom is 0.234 e. The Morgan fingerprint density at radius 2 is 2.00 bits per heavy atom. The Hall–Kier alpha value is -1.65. The molecule has 1 amide bonds. The van der Waals surface area contributed by atoms with Crippen molar-refractivity contribution in [2.45, 2.75) is 57.7 Å². The fourth-order valence-corrected chi connectivity index (χ4v) is 3.96. The summed E-state index contributed by atoms with van der Waals surface area (Å²) in [6.45, 7) is 6.09. The van der Waals surface area contributed by atoms with Crippen LogP contribution in [-0.2, 0) is 4.79 Å². The first-order valence-electron chi connectivity index (χ1n) is 9.63. The largest absolute Gasteiger partial charge is 0.368 e. The molecular weight excluding hydrogens is 310 g/mol. The molecule has 0 spiro atoms. The van der Waals surface area contributed by atoms with Gasteiger partial charge in [0.15, 0.2) is 0 Å². The molecule has 0 aromatic heterocycles. The molecule has 2 fully saturated rings. The standard InChI is InChI=1S/C21H31N3O/c1-3-17(13-16-7-5-4-6-8-16)19-14-20(19)23-18-9-11-24(12-10-18)15(2)21(22)25/h4-8,13,15,18-20,23H,3,9-12,14H2,1-2H3,(H2,22,25)/b17-13+/t15?,19-,20+/m0/s1. The highest BCUT2D eigenvalue weighted by atomic mass is 16.1. The number of likely N-dealkylation sites (tertiary alicyclic amines) is 1. The summed E-state index contributed by atoms with van der Waals surface area (Å²) in [6.07, 6.45) is 6.94. The molecule has 0 radical (unpaired) electrons. The molecule has 25 heavy (non-hydrogen) atoms. The Kier molecular flexibility index (Phi) is 5.92. The summed E-state index contributed by atoms with van der Waals surface area (Å²) in [7, 11) is 0. The summed E-state index contributed by atoms with van der Waals surface area (Å²) in [6, 6.07) is 11.7. The van der Waals surface area contributed by atoms with E-state index in [4.69, 9.17) is 5.73 Å². The smallest absolute Gasteiger partial charge is 0.234 e. The molecule has 1 saturated heterocycles. The summed E-state index contributed by atoms with van der Waals surface area (Å²) in [5.41, 5.74) is 8.28. The second kappa shape index (κ2) is 8.15. The van der Waals surface area contributed by atoms with Crippen LogP contribution in [0.15, 0.2) is 35.9 Å². The van der Waals surface area contributed by atoms with E-state index in [1.165, 1.54) is 12.0 Å². The van der Waals surface area contributed by atoms with Gasteiger partial charge >= 0.3 is 0 Å². The average Bonchev–Trinajstić information content (AvgIpc) is 3.39. The zero-order chi connectivity index (χ0) is 17.8. The maximum absolute atomic E-state index is 11.3. The van der Waals surface area contributed by atoms with Crippen molar-refractivity contribution in [3.05, 3.63) is 41.5 Å². The highest BCUT2D eigenvalue weighted by Gasteiger charge is 2.40. The first kappa shape index (κ1) is 18.2. The van der Waals surface area contributed by atoms with Gasteiger partial charge in [-0.05, 0) is 44.1 Å². The predicted octanol–water partition coefficient (Wildman–Crippen LogP) is 2.80. The molecule has 4 nitrogen and oxygen atoms in total. The molecule has 1 heterocycles. The molecule has 3 atom stereocenters. The van der Waals surface area contributed by atoms with Gasteiger partial charge in [0.2, 0.25) is 5.91 Å². The second-order valence-electron chi connectivity index (χ2n) is 7.49. The first-order chi connectivity index (χ1) is 12.1. The van der Waals surface area contributed by atoms with Gasteiger partial charge in [0.25, 0.3) is 0 Å². The van der Waals surface area contributed by atoms with Crippen molar-refractivity contribution >= 4 is 12.0 Å². The molecule has 1 aromatic rings. The van der Waals surface area contributed by atoms with Crippen LogP contribution in [0.4, 0.5) is 0 Å². The Balaban J connectivity index is 1.48. The number of hydrogen-bond acceptors (Lipinski definition) is 3. The molecule has 3 rings (SSSR count). The van der Waals surface area contributed by atoms with Crippen LogP contribution in [0.25, 0.3) is 6.08 Å². The number of amides is 1. The van der Waals surface area contributed by atoms with Crippen LogP contribution in [0, 0.1) is 5.92 Å². The van der Waals surface area contributed by atoms with Gasteiger partial charge in [-0.15, -0.1) is 0 Å². The zero-order valence-electron chi connectivity index (χ0n) is 15.4. The van der Waals surface area contributed by atoms with Crippen molar-refractivity contribution in [1.82, 2.24) is 10.2 Å². The third-order valence-corrected chi connectivity index (χ3v) is 5.77. The monoisotopic (exact) mass is 341 g/mol. The van der Waals surface area contributed by atoms with Crippen molar-refractivity contribution in [2.75, 3.05) is 13.1 Å². The van der Waals surface area contributed by atoms with Crippen LogP contribution in [0.2, 0.25) is 0 Å². The number of hydrogen-bond donors (Lipinski definition) is 2. The summed E-state index contributed by atoms with van der Waals surface area (Å²) >= 11 is 0. The van der Waals surface area contributed by atoms with E-state index >= 15 is 0 Å². The van der Waals surface area contributed by atoms with E-state index in [0.717, 1.165) is 32.4 Å². The average molecular weight is 341 g/mol. The second-order valence-corrected chi connectivity index (χ2v) is 7.49. The quantitative estimate of drug-likeness (QED) is 0.802. The SMILES string of the molecule is CC/C(=C\c1ccccc1)[C@@H]1C[C@H]1NC1CCN(C(C)C(N)=O)CC1. The number of nitrogens with two attached hydrogens (primary N) is 1. The molecule has 4 heteroatoms. The normalized spacial score (nSPS) is 26.4. The number of primary amides is 1. The minimum absolute atomic E-state index is 0.143. The van der Waals surface area contributed by atoms with Crippen molar-refractivity contribution in [2.24, 2.45) is 11.7 Å². The van der Waals surface area contributed by atoms with Crippen LogP contribution in [-0.4, -0.2) is 42.0 Å². The van der Waals surface area contributed by atoms with Crippen molar-refractivity contribution < 1.29 is 4.79 Å². The van der Waals surface area contributed by atoms with Gasteiger partial charge in [-0.25, -0.2) is 0 Å². The molecule has 1 aliphatic heterocycles. The van der Waals surface area contributed by atoms with Gasteiger partial charge < -0.3 is 11.1 Å². The Bertz CT molecular complexity index is 605. The molecule has 1 aromatic carbocycles.